The van der Waals surface area contributed by atoms with E-state index >= 15 is 0 Å². The summed E-state index contributed by atoms with van der Waals surface area (Å²) in [7, 11) is 0. The number of amides is 1. The van der Waals surface area contributed by atoms with Gasteiger partial charge in [0.25, 0.3) is 0 Å². The van der Waals surface area contributed by atoms with E-state index in [0.29, 0.717) is 12.0 Å². The van der Waals surface area contributed by atoms with Crippen molar-refractivity contribution in [3.05, 3.63) is 23.5 Å². The van der Waals surface area contributed by atoms with Crippen LogP contribution in [0.5, 0.6) is 0 Å². The zero-order valence-electron chi connectivity index (χ0n) is 15.1. The first-order chi connectivity index (χ1) is 12.5. The van der Waals surface area contributed by atoms with Crippen LogP contribution in [-0.4, -0.2) is 32.1 Å². The highest BCUT2D eigenvalue weighted by atomic mass is 32.1. The van der Waals surface area contributed by atoms with Crippen LogP contribution in [0.2, 0.25) is 0 Å². The summed E-state index contributed by atoms with van der Waals surface area (Å²) in [5.41, 5.74) is 2.95. The van der Waals surface area contributed by atoms with Crippen molar-refractivity contribution >= 4 is 38.5 Å². The second kappa shape index (κ2) is 6.96. The summed E-state index contributed by atoms with van der Waals surface area (Å²) in [6.45, 7) is 4.10. The third kappa shape index (κ3) is 3.10. The average Bonchev–Trinajstić information content (AvgIpc) is 3.24. The Balaban J connectivity index is 1.68. The van der Waals surface area contributed by atoms with Gasteiger partial charge < -0.3 is 15.0 Å². The van der Waals surface area contributed by atoms with Crippen LogP contribution in [0.15, 0.2) is 17.6 Å². The Bertz CT molecular complexity index is 938. The van der Waals surface area contributed by atoms with Gasteiger partial charge >= 0.3 is 0 Å². The molecule has 0 unspecified atom stereocenters. The molecular formula is C19H24N4O2S. The van der Waals surface area contributed by atoms with Crippen LogP contribution in [0, 0.1) is 5.92 Å². The largest absolute Gasteiger partial charge is 0.385 e. The minimum Gasteiger partial charge on any atom is -0.385 e. The van der Waals surface area contributed by atoms with E-state index in [1.807, 2.05) is 12.3 Å². The highest BCUT2D eigenvalue weighted by Gasteiger charge is 2.28. The molecule has 0 spiro atoms. The van der Waals surface area contributed by atoms with Gasteiger partial charge in [-0.15, -0.1) is 11.3 Å². The van der Waals surface area contributed by atoms with Crippen molar-refractivity contribution in [1.29, 1.82) is 0 Å². The lowest BCUT2D eigenvalue weighted by Gasteiger charge is -2.31. The number of carbonyl (C=O) groups is 1. The Morgan fingerprint density at radius 1 is 1.38 bits per heavy atom. The molecule has 1 aliphatic rings. The summed E-state index contributed by atoms with van der Waals surface area (Å²) in [5, 5.41) is 15.3. The number of fused-ring (bicyclic) bond motifs is 3. The van der Waals surface area contributed by atoms with Gasteiger partial charge in [0.2, 0.25) is 5.91 Å². The van der Waals surface area contributed by atoms with Crippen LogP contribution in [-0.2, 0) is 4.79 Å². The van der Waals surface area contributed by atoms with Gasteiger partial charge in [0.1, 0.15) is 17.4 Å². The van der Waals surface area contributed by atoms with Crippen molar-refractivity contribution < 1.29 is 9.90 Å². The van der Waals surface area contributed by atoms with E-state index in [1.165, 1.54) is 0 Å². The van der Waals surface area contributed by atoms with Crippen LogP contribution < -0.4 is 5.32 Å². The van der Waals surface area contributed by atoms with Gasteiger partial charge in [0.15, 0.2) is 0 Å². The molecular weight excluding hydrogens is 348 g/mol. The fourth-order valence-electron chi connectivity index (χ4n) is 4.06. The number of nitrogens with zero attached hydrogens (tertiary/aromatic N) is 3. The maximum atomic E-state index is 11.1. The maximum absolute atomic E-state index is 11.1. The van der Waals surface area contributed by atoms with Crippen molar-refractivity contribution in [2.24, 2.45) is 5.92 Å². The van der Waals surface area contributed by atoms with Gasteiger partial charge in [-0.2, -0.15) is 0 Å². The summed E-state index contributed by atoms with van der Waals surface area (Å²) >= 11 is 1.68. The first-order valence-electron chi connectivity index (χ1n) is 9.21. The van der Waals surface area contributed by atoms with Gasteiger partial charge in [0.05, 0.1) is 21.9 Å². The fourth-order valence-corrected chi connectivity index (χ4v) is 4.94. The number of pyridine rings is 1. The lowest BCUT2D eigenvalue weighted by molar-refractivity contribution is -0.119. The second-order valence-corrected chi connectivity index (χ2v) is 8.17. The number of hydrogen-bond donors (Lipinski definition) is 2. The topological polar surface area (TPSA) is 80.0 Å². The summed E-state index contributed by atoms with van der Waals surface area (Å²) in [4.78, 5) is 20.3. The normalized spacial score (nSPS) is 22.0. The molecule has 3 aromatic rings. The number of nitrogens with one attached hydrogen (secondary N) is 1. The summed E-state index contributed by atoms with van der Waals surface area (Å²) < 4.78 is 3.40. The summed E-state index contributed by atoms with van der Waals surface area (Å²) in [6.07, 6.45) is 5.41. The fraction of sp³-hybridized carbons (Fsp3) is 0.526. The molecule has 3 aromatic heterocycles. The van der Waals surface area contributed by atoms with Crippen LogP contribution in [0.3, 0.4) is 0 Å². The maximum Gasteiger partial charge on any atom is 0.216 e. The molecule has 3 heterocycles. The van der Waals surface area contributed by atoms with Crippen molar-refractivity contribution in [3.63, 3.8) is 0 Å². The minimum absolute atomic E-state index is 0.0386. The van der Waals surface area contributed by atoms with Crippen molar-refractivity contribution in [1.82, 2.24) is 19.9 Å². The molecule has 1 fully saturated rings. The van der Waals surface area contributed by atoms with E-state index in [2.05, 4.69) is 20.2 Å². The molecule has 1 atom stereocenters. The number of thiophene rings is 1. The van der Waals surface area contributed by atoms with Crippen LogP contribution in [0.25, 0.3) is 21.3 Å². The van der Waals surface area contributed by atoms with Crippen LogP contribution >= 0.6 is 11.3 Å². The molecule has 0 bridgehead atoms. The van der Waals surface area contributed by atoms with Gasteiger partial charge in [-0.25, -0.2) is 4.98 Å². The quantitative estimate of drug-likeness (QED) is 0.734. The van der Waals surface area contributed by atoms with Gasteiger partial charge in [-0.1, -0.05) is 0 Å². The Morgan fingerprint density at radius 3 is 2.85 bits per heavy atom. The van der Waals surface area contributed by atoms with Crippen molar-refractivity contribution in [3.8, 4) is 0 Å². The lowest BCUT2D eigenvalue weighted by Crippen LogP contribution is -2.30. The highest BCUT2D eigenvalue weighted by molar-refractivity contribution is 7.18. The SMILES string of the molecule is CC(=O)NCC1CCC(n2c([C@@H](C)O)nc3cnc4ccsc4c32)CC1. The average molecular weight is 372 g/mol. The van der Waals surface area contributed by atoms with Gasteiger partial charge in [-0.3, -0.25) is 9.78 Å². The molecule has 26 heavy (non-hydrogen) atoms. The predicted octanol–water partition coefficient (Wildman–Crippen LogP) is 3.57. The van der Waals surface area contributed by atoms with Crippen LogP contribution in [0.1, 0.15) is 57.5 Å². The minimum atomic E-state index is -0.616. The number of aliphatic hydroxyl groups is 1. The third-order valence-electron chi connectivity index (χ3n) is 5.35. The number of aliphatic hydroxyl groups excluding tert-OH is 1. The van der Waals surface area contributed by atoms with E-state index in [4.69, 9.17) is 4.98 Å². The zero-order valence-corrected chi connectivity index (χ0v) is 15.9. The number of carbonyl (C=O) groups excluding carboxylic acids is 1. The number of aromatic nitrogens is 3. The Kier molecular flexibility index (Phi) is 4.67. The number of hydrogen-bond acceptors (Lipinski definition) is 5. The molecule has 7 heteroatoms. The van der Waals surface area contributed by atoms with E-state index < -0.39 is 6.10 Å². The molecule has 1 saturated carbocycles. The zero-order chi connectivity index (χ0) is 18.3. The predicted molar refractivity (Wildman–Crippen MR) is 103 cm³/mol. The van der Waals surface area contributed by atoms with E-state index in [0.717, 1.165) is 59.3 Å². The molecule has 0 aromatic carbocycles. The van der Waals surface area contributed by atoms with E-state index in [-0.39, 0.29) is 5.91 Å². The highest BCUT2D eigenvalue weighted by Crippen LogP contribution is 2.39. The molecule has 0 radical (unpaired) electrons. The summed E-state index contributed by atoms with van der Waals surface area (Å²) in [6, 6.07) is 2.36. The van der Waals surface area contributed by atoms with Crippen molar-refractivity contribution in [2.45, 2.75) is 51.7 Å². The van der Waals surface area contributed by atoms with Crippen LogP contribution in [0.4, 0.5) is 0 Å². The third-order valence-corrected chi connectivity index (χ3v) is 6.26. The van der Waals surface area contributed by atoms with Gasteiger partial charge in [-0.05, 0) is 50.0 Å². The lowest BCUT2D eigenvalue weighted by atomic mass is 9.85. The van der Waals surface area contributed by atoms with E-state index in [9.17, 15) is 9.90 Å². The number of rotatable bonds is 4. The monoisotopic (exact) mass is 372 g/mol. The molecule has 4 rings (SSSR count). The number of imidazole rings is 1. The molecule has 1 aliphatic carbocycles. The smallest absolute Gasteiger partial charge is 0.216 e. The Morgan fingerprint density at radius 2 is 2.15 bits per heavy atom. The first-order valence-corrected chi connectivity index (χ1v) is 10.1. The first kappa shape index (κ1) is 17.4. The molecule has 138 valence electrons. The second-order valence-electron chi connectivity index (χ2n) is 7.25. The molecule has 6 nitrogen and oxygen atoms in total. The molecule has 2 N–H and O–H groups in total. The van der Waals surface area contributed by atoms with Gasteiger partial charge in [0, 0.05) is 19.5 Å². The Hall–Kier alpha value is -1.99. The summed E-state index contributed by atoms with van der Waals surface area (Å²) in [5.74, 6) is 1.30. The van der Waals surface area contributed by atoms with E-state index in [1.54, 1.807) is 25.2 Å². The molecule has 0 saturated heterocycles. The van der Waals surface area contributed by atoms with Crippen molar-refractivity contribution in [2.75, 3.05) is 6.54 Å². The molecule has 0 aliphatic heterocycles. The standard InChI is InChI=1S/C19H24N4O2S/c1-11(24)19-22-16-10-21-15-7-8-26-18(15)17(16)23(19)14-5-3-13(4-6-14)9-20-12(2)25/h7-8,10-11,13-14,24H,3-6,9H2,1-2H3,(H,20,25)/t11-,13?,14?/m1/s1. The molecule has 1 amide bonds. The Labute approximate surface area is 156 Å².